The number of nitrogens with zero attached hydrogens (tertiary/aromatic N) is 2. The van der Waals surface area contributed by atoms with E-state index in [9.17, 15) is 14.0 Å². The molecule has 4 aromatic rings. The Kier molecular flexibility index (Phi) is 7.28. The van der Waals surface area contributed by atoms with E-state index < -0.39 is 11.4 Å². The number of halogens is 2. The summed E-state index contributed by atoms with van der Waals surface area (Å²) >= 11 is 6.91. The van der Waals surface area contributed by atoms with Crippen molar-refractivity contribution in [2.45, 2.75) is 5.16 Å². The topological polar surface area (TPSA) is 79.7 Å². The average molecular weight is 515 g/mol. The molecule has 0 saturated carbocycles. The van der Waals surface area contributed by atoms with Crippen molar-refractivity contribution in [2.75, 3.05) is 27.1 Å². The van der Waals surface area contributed by atoms with Crippen molar-refractivity contribution < 1.29 is 23.4 Å². The number of carbonyl (C=O) groups excluding carboxylic acids is 1. The van der Waals surface area contributed by atoms with Gasteiger partial charge in [-0.05, 0) is 42.5 Å². The summed E-state index contributed by atoms with van der Waals surface area (Å²) in [7, 11) is 4.28. The minimum atomic E-state index is -0.617. The predicted octanol–water partition coefficient (Wildman–Crippen LogP) is 5.18. The number of benzene rings is 3. The Morgan fingerprint density at radius 1 is 1.03 bits per heavy atom. The molecular formula is C25H20ClFN2O5S. The number of Topliss-reactive ketones (excluding diaryl/α,β-unsaturated/α-hetero) is 1. The molecule has 0 aliphatic carbocycles. The number of para-hydroxylation sites is 1. The van der Waals surface area contributed by atoms with E-state index >= 15 is 0 Å². The minimum absolute atomic E-state index is 0.00194. The van der Waals surface area contributed by atoms with Gasteiger partial charge in [-0.1, -0.05) is 35.5 Å². The zero-order valence-corrected chi connectivity index (χ0v) is 20.6. The summed E-state index contributed by atoms with van der Waals surface area (Å²) in [6, 6.07) is 13.8. The smallest absolute Gasteiger partial charge is 0.267 e. The van der Waals surface area contributed by atoms with Crippen LogP contribution in [0.3, 0.4) is 0 Å². The fourth-order valence-corrected chi connectivity index (χ4v) is 4.58. The molecule has 0 bridgehead atoms. The van der Waals surface area contributed by atoms with Crippen LogP contribution in [0.4, 0.5) is 4.39 Å². The van der Waals surface area contributed by atoms with Crippen molar-refractivity contribution in [3.8, 4) is 22.9 Å². The normalized spacial score (nSPS) is 10.9. The summed E-state index contributed by atoms with van der Waals surface area (Å²) in [5.74, 6) is -0.177. The van der Waals surface area contributed by atoms with E-state index in [1.54, 1.807) is 30.3 Å². The van der Waals surface area contributed by atoms with Crippen molar-refractivity contribution >= 4 is 40.0 Å². The van der Waals surface area contributed by atoms with Crippen LogP contribution in [0.1, 0.15) is 10.4 Å². The molecule has 0 saturated heterocycles. The third-order valence-corrected chi connectivity index (χ3v) is 6.42. The van der Waals surface area contributed by atoms with Gasteiger partial charge in [0.2, 0.25) is 5.75 Å². The van der Waals surface area contributed by atoms with Crippen LogP contribution >= 0.6 is 23.4 Å². The second-order valence-electron chi connectivity index (χ2n) is 7.25. The third kappa shape index (κ3) is 4.69. The lowest BCUT2D eigenvalue weighted by atomic mass is 10.1. The van der Waals surface area contributed by atoms with Crippen molar-refractivity contribution in [3.05, 3.63) is 81.4 Å². The highest BCUT2D eigenvalue weighted by Crippen LogP contribution is 2.42. The molecule has 1 aromatic heterocycles. The fraction of sp³-hybridized carbons (Fsp3) is 0.160. The monoisotopic (exact) mass is 514 g/mol. The largest absolute Gasteiger partial charge is 0.493 e. The maximum atomic E-state index is 14.8. The van der Waals surface area contributed by atoms with E-state index in [-0.39, 0.29) is 50.5 Å². The van der Waals surface area contributed by atoms with Crippen LogP contribution in [-0.4, -0.2) is 42.4 Å². The highest BCUT2D eigenvalue weighted by atomic mass is 35.5. The second kappa shape index (κ2) is 10.4. The lowest BCUT2D eigenvalue weighted by Gasteiger charge is -2.17. The van der Waals surface area contributed by atoms with Gasteiger partial charge in [0.1, 0.15) is 11.3 Å². The van der Waals surface area contributed by atoms with Gasteiger partial charge in [-0.2, -0.15) is 0 Å². The van der Waals surface area contributed by atoms with Crippen LogP contribution in [0.5, 0.6) is 17.2 Å². The van der Waals surface area contributed by atoms with Crippen LogP contribution in [0, 0.1) is 5.82 Å². The van der Waals surface area contributed by atoms with Crippen molar-refractivity contribution in [3.63, 3.8) is 0 Å². The summed E-state index contributed by atoms with van der Waals surface area (Å²) < 4.78 is 32.2. The molecule has 0 aliphatic rings. The number of methoxy groups -OCH3 is 3. The number of carbonyl (C=O) groups is 1. The van der Waals surface area contributed by atoms with E-state index in [0.29, 0.717) is 10.6 Å². The fourth-order valence-electron chi connectivity index (χ4n) is 3.56. The summed E-state index contributed by atoms with van der Waals surface area (Å²) in [5.41, 5.74) is 0.0959. The molecule has 10 heteroatoms. The molecule has 0 fully saturated rings. The van der Waals surface area contributed by atoms with Crippen LogP contribution in [0.25, 0.3) is 16.6 Å². The first kappa shape index (κ1) is 24.6. The first-order chi connectivity index (χ1) is 16.9. The molecule has 3 aromatic carbocycles. The Morgan fingerprint density at radius 3 is 2.34 bits per heavy atom. The number of ketones is 1. The SMILES string of the molecule is COc1cc2c(=O)n(-c3ccccc3F)c(SCC(=O)c3ccc(Cl)cc3)nc2c(OC)c1OC. The van der Waals surface area contributed by atoms with E-state index in [1.807, 2.05) is 0 Å². The van der Waals surface area contributed by atoms with Crippen LogP contribution in [0.15, 0.2) is 64.5 Å². The van der Waals surface area contributed by atoms with Gasteiger partial charge in [0.25, 0.3) is 5.56 Å². The lowest BCUT2D eigenvalue weighted by molar-refractivity contribution is 0.102. The first-order valence-corrected chi connectivity index (χ1v) is 11.7. The molecule has 180 valence electrons. The van der Waals surface area contributed by atoms with Gasteiger partial charge in [-0.25, -0.2) is 9.37 Å². The molecule has 0 N–H and O–H groups in total. The maximum absolute atomic E-state index is 14.8. The van der Waals surface area contributed by atoms with E-state index in [4.69, 9.17) is 25.8 Å². The number of aromatic nitrogens is 2. The first-order valence-electron chi connectivity index (χ1n) is 10.3. The molecule has 0 radical (unpaired) electrons. The van der Waals surface area contributed by atoms with Crippen LogP contribution < -0.4 is 19.8 Å². The van der Waals surface area contributed by atoms with Crippen molar-refractivity contribution in [1.82, 2.24) is 9.55 Å². The number of fused-ring (bicyclic) bond motifs is 1. The highest BCUT2D eigenvalue weighted by molar-refractivity contribution is 7.99. The molecule has 0 amide bonds. The molecule has 1 heterocycles. The summed E-state index contributed by atoms with van der Waals surface area (Å²) in [5, 5.41) is 0.756. The Balaban J connectivity index is 1.92. The molecule has 0 spiro atoms. The van der Waals surface area contributed by atoms with Crippen LogP contribution in [-0.2, 0) is 0 Å². The Morgan fingerprint density at radius 2 is 1.71 bits per heavy atom. The van der Waals surface area contributed by atoms with E-state index in [1.165, 1.54) is 45.6 Å². The summed E-state index contributed by atoms with van der Waals surface area (Å²) in [6.45, 7) is 0. The van der Waals surface area contributed by atoms with Crippen LogP contribution in [0.2, 0.25) is 5.02 Å². The Hall–Kier alpha value is -3.56. The molecular weight excluding hydrogens is 495 g/mol. The third-order valence-electron chi connectivity index (χ3n) is 5.23. The van der Waals surface area contributed by atoms with Gasteiger partial charge < -0.3 is 14.2 Å². The molecule has 35 heavy (non-hydrogen) atoms. The highest BCUT2D eigenvalue weighted by Gasteiger charge is 2.24. The Bertz CT molecular complexity index is 1470. The quantitative estimate of drug-likeness (QED) is 0.182. The maximum Gasteiger partial charge on any atom is 0.267 e. The zero-order valence-electron chi connectivity index (χ0n) is 19.0. The number of ether oxygens (including phenoxy) is 3. The van der Waals surface area contributed by atoms with E-state index in [2.05, 4.69) is 4.98 Å². The van der Waals surface area contributed by atoms with Crippen molar-refractivity contribution in [1.29, 1.82) is 0 Å². The number of hydrogen-bond acceptors (Lipinski definition) is 7. The molecule has 0 atom stereocenters. The van der Waals surface area contributed by atoms with Gasteiger partial charge in [0.15, 0.2) is 22.4 Å². The van der Waals surface area contributed by atoms with Gasteiger partial charge >= 0.3 is 0 Å². The lowest BCUT2D eigenvalue weighted by Crippen LogP contribution is -2.23. The number of thioether (sulfide) groups is 1. The van der Waals surface area contributed by atoms with Gasteiger partial charge in [0, 0.05) is 10.6 Å². The van der Waals surface area contributed by atoms with Gasteiger partial charge in [0.05, 0.1) is 38.2 Å². The number of rotatable bonds is 8. The summed E-state index contributed by atoms with van der Waals surface area (Å²) in [6.07, 6.45) is 0. The van der Waals surface area contributed by atoms with Gasteiger partial charge in [-0.15, -0.1) is 0 Å². The standard InChI is InChI=1S/C25H20ClFN2O5S/c1-32-20-12-16-21(23(34-3)22(20)33-2)28-25(29(24(16)31)18-7-5-4-6-17(18)27)35-13-19(30)14-8-10-15(26)11-9-14/h4-12H,13H2,1-3H3. The summed E-state index contributed by atoms with van der Waals surface area (Å²) in [4.78, 5) is 31.1. The van der Waals surface area contributed by atoms with Gasteiger partial charge in [-0.3, -0.25) is 14.2 Å². The average Bonchev–Trinajstić information content (AvgIpc) is 2.87. The van der Waals surface area contributed by atoms with Crippen molar-refractivity contribution in [2.24, 2.45) is 0 Å². The molecule has 0 unspecified atom stereocenters. The second-order valence-corrected chi connectivity index (χ2v) is 8.63. The minimum Gasteiger partial charge on any atom is -0.493 e. The number of hydrogen-bond donors (Lipinski definition) is 0. The molecule has 7 nitrogen and oxygen atoms in total. The molecule has 0 aliphatic heterocycles. The molecule has 4 rings (SSSR count). The zero-order chi connectivity index (χ0) is 25.1. The Labute approximate surface area is 209 Å². The van der Waals surface area contributed by atoms with E-state index in [0.717, 1.165) is 16.3 Å². The predicted molar refractivity (Wildman–Crippen MR) is 133 cm³/mol.